The second kappa shape index (κ2) is 11.4. The lowest BCUT2D eigenvalue weighted by Crippen LogP contribution is -2.21. The topological polar surface area (TPSA) is 63.1 Å². The van der Waals surface area contributed by atoms with Crippen molar-refractivity contribution in [3.63, 3.8) is 0 Å². The average molecular weight is 490 g/mol. The molecule has 0 aliphatic heterocycles. The number of allylic oxidation sites excluding steroid dienone is 1. The third kappa shape index (κ3) is 5.65. The molecule has 1 N–H and O–H groups in total. The highest BCUT2D eigenvalue weighted by Crippen LogP contribution is 2.30. The lowest BCUT2D eigenvalue weighted by Gasteiger charge is -2.21. The number of nitrogens with zero attached hydrogens (tertiary/aromatic N) is 4. The van der Waals surface area contributed by atoms with Crippen molar-refractivity contribution < 1.29 is 4.79 Å². The van der Waals surface area contributed by atoms with E-state index < -0.39 is 0 Å². The first-order valence-corrected chi connectivity index (χ1v) is 12.0. The summed E-state index contributed by atoms with van der Waals surface area (Å²) in [5.74, 6) is 0.674. The number of hydrogen-bond acceptors (Lipinski definition) is 5. The van der Waals surface area contributed by atoms with Crippen LogP contribution in [0.2, 0.25) is 10.0 Å². The maximum absolute atomic E-state index is 12.4. The van der Waals surface area contributed by atoms with Gasteiger partial charge in [-0.1, -0.05) is 47.1 Å². The molecule has 0 unspecified atom stereocenters. The van der Waals surface area contributed by atoms with Gasteiger partial charge in [-0.2, -0.15) is 0 Å². The first-order chi connectivity index (χ1) is 15.5. The van der Waals surface area contributed by atoms with Crippen LogP contribution < -0.4 is 10.2 Å². The van der Waals surface area contributed by atoms with E-state index in [1.54, 1.807) is 24.3 Å². The van der Waals surface area contributed by atoms with Crippen LogP contribution in [0.3, 0.4) is 0 Å². The zero-order valence-electron chi connectivity index (χ0n) is 18.0. The standard InChI is InChI=1S/C23H25Cl2N5OS/c1-4-14-30-22(16-10-12-17(13-11-16)29(5-2)6-3)27-28-23(30)32-15-20(31)26-19-9-7-8-18(24)21(19)25/h4,7-13H,1,5-6,14-15H2,2-3H3,(H,26,31). The van der Waals surface area contributed by atoms with Crippen LogP contribution in [0.5, 0.6) is 0 Å². The van der Waals surface area contributed by atoms with Crippen molar-refractivity contribution in [2.45, 2.75) is 25.5 Å². The summed E-state index contributed by atoms with van der Waals surface area (Å²) in [5.41, 5.74) is 2.60. The van der Waals surface area contributed by atoms with Gasteiger partial charge in [0, 0.05) is 30.9 Å². The Balaban J connectivity index is 1.74. The van der Waals surface area contributed by atoms with Gasteiger partial charge in [0.15, 0.2) is 11.0 Å². The number of anilines is 2. The molecule has 9 heteroatoms. The fourth-order valence-electron chi connectivity index (χ4n) is 3.23. The number of halogens is 2. The largest absolute Gasteiger partial charge is 0.372 e. The first-order valence-electron chi connectivity index (χ1n) is 10.2. The molecule has 32 heavy (non-hydrogen) atoms. The SMILES string of the molecule is C=CCn1c(SCC(=O)Nc2cccc(Cl)c2Cl)nnc1-c1ccc(N(CC)CC)cc1. The van der Waals surface area contributed by atoms with Crippen molar-refractivity contribution in [1.29, 1.82) is 0 Å². The van der Waals surface area contributed by atoms with Crippen molar-refractivity contribution >= 4 is 52.2 Å². The van der Waals surface area contributed by atoms with Gasteiger partial charge < -0.3 is 10.2 Å². The van der Waals surface area contributed by atoms with Gasteiger partial charge in [-0.15, -0.1) is 16.8 Å². The Bertz CT molecular complexity index is 1080. The van der Waals surface area contributed by atoms with E-state index >= 15 is 0 Å². The van der Waals surface area contributed by atoms with E-state index in [1.165, 1.54) is 17.4 Å². The highest BCUT2D eigenvalue weighted by atomic mass is 35.5. The van der Waals surface area contributed by atoms with Crippen molar-refractivity contribution in [1.82, 2.24) is 14.8 Å². The summed E-state index contributed by atoms with van der Waals surface area (Å²) in [6.45, 7) is 10.5. The smallest absolute Gasteiger partial charge is 0.234 e. The number of hydrogen-bond donors (Lipinski definition) is 1. The highest BCUT2D eigenvalue weighted by molar-refractivity contribution is 7.99. The molecule has 0 aliphatic rings. The summed E-state index contributed by atoms with van der Waals surface area (Å²) in [7, 11) is 0. The fraction of sp³-hybridized carbons (Fsp3) is 0.261. The lowest BCUT2D eigenvalue weighted by atomic mass is 10.2. The minimum atomic E-state index is -0.211. The molecule has 0 fully saturated rings. The van der Waals surface area contributed by atoms with E-state index in [0.717, 1.165) is 24.5 Å². The molecular weight excluding hydrogens is 465 g/mol. The molecule has 0 aliphatic carbocycles. The molecule has 1 amide bonds. The molecular formula is C23H25Cl2N5OS. The van der Waals surface area contributed by atoms with Gasteiger partial charge >= 0.3 is 0 Å². The fourth-order valence-corrected chi connectivity index (χ4v) is 4.33. The summed E-state index contributed by atoms with van der Waals surface area (Å²) in [6.07, 6.45) is 1.78. The summed E-state index contributed by atoms with van der Waals surface area (Å²) in [5, 5.41) is 12.8. The normalized spacial score (nSPS) is 10.8. The van der Waals surface area contributed by atoms with E-state index in [0.29, 0.717) is 27.4 Å². The number of benzene rings is 2. The second-order valence-electron chi connectivity index (χ2n) is 6.86. The molecule has 6 nitrogen and oxygen atoms in total. The van der Waals surface area contributed by atoms with E-state index in [2.05, 4.69) is 53.0 Å². The molecule has 3 aromatic rings. The predicted molar refractivity (Wildman–Crippen MR) is 135 cm³/mol. The van der Waals surface area contributed by atoms with Gasteiger partial charge in [-0.3, -0.25) is 9.36 Å². The number of carbonyl (C=O) groups is 1. The van der Waals surface area contributed by atoms with Crippen molar-refractivity contribution in [3.05, 3.63) is 65.2 Å². The Kier molecular flexibility index (Phi) is 8.61. The molecule has 168 valence electrons. The zero-order chi connectivity index (χ0) is 23.1. The summed E-state index contributed by atoms with van der Waals surface area (Å²) < 4.78 is 1.95. The summed E-state index contributed by atoms with van der Waals surface area (Å²) in [4.78, 5) is 14.7. The monoisotopic (exact) mass is 489 g/mol. The summed E-state index contributed by atoms with van der Waals surface area (Å²) in [6, 6.07) is 13.4. The second-order valence-corrected chi connectivity index (χ2v) is 8.59. The Labute approximate surface area is 202 Å². The quantitative estimate of drug-likeness (QED) is 0.278. The molecule has 0 saturated carbocycles. The third-order valence-electron chi connectivity index (χ3n) is 4.84. The molecule has 0 atom stereocenters. The Morgan fingerprint density at radius 2 is 1.88 bits per heavy atom. The first kappa shape index (κ1) is 24.2. The third-order valence-corrected chi connectivity index (χ3v) is 6.63. The van der Waals surface area contributed by atoms with Gasteiger partial charge in [-0.05, 0) is 50.2 Å². The van der Waals surface area contributed by atoms with Gasteiger partial charge in [0.25, 0.3) is 0 Å². The molecule has 3 rings (SSSR count). The van der Waals surface area contributed by atoms with Crippen LogP contribution in [-0.2, 0) is 11.3 Å². The predicted octanol–water partition coefficient (Wildman–Crippen LogP) is 6.01. The molecule has 2 aromatic carbocycles. The molecule has 0 radical (unpaired) electrons. The van der Waals surface area contributed by atoms with E-state index in [4.69, 9.17) is 23.2 Å². The number of thioether (sulfide) groups is 1. The van der Waals surface area contributed by atoms with Crippen molar-refractivity contribution in [2.75, 3.05) is 29.1 Å². The van der Waals surface area contributed by atoms with Crippen molar-refractivity contribution in [3.8, 4) is 11.4 Å². The van der Waals surface area contributed by atoms with E-state index in [9.17, 15) is 4.79 Å². The molecule has 0 bridgehead atoms. The van der Waals surface area contributed by atoms with E-state index in [1.807, 2.05) is 16.7 Å². The zero-order valence-corrected chi connectivity index (χ0v) is 20.3. The molecule has 0 spiro atoms. The Morgan fingerprint density at radius 1 is 1.16 bits per heavy atom. The Morgan fingerprint density at radius 3 is 2.53 bits per heavy atom. The van der Waals surface area contributed by atoms with Gasteiger partial charge in [-0.25, -0.2) is 0 Å². The number of carbonyl (C=O) groups excluding carboxylic acids is 1. The Hall–Kier alpha value is -2.48. The summed E-state index contributed by atoms with van der Waals surface area (Å²) >= 11 is 13.5. The maximum atomic E-state index is 12.4. The van der Waals surface area contributed by atoms with Crippen LogP contribution in [0.4, 0.5) is 11.4 Å². The maximum Gasteiger partial charge on any atom is 0.234 e. The average Bonchev–Trinajstić information content (AvgIpc) is 3.19. The number of aromatic nitrogens is 3. The minimum Gasteiger partial charge on any atom is -0.372 e. The molecule has 0 saturated heterocycles. The van der Waals surface area contributed by atoms with Crippen molar-refractivity contribution in [2.24, 2.45) is 0 Å². The lowest BCUT2D eigenvalue weighted by molar-refractivity contribution is -0.113. The van der Waals surface area contributed by atoms with Gasteiger partial charge in [0.05, 0.1) is 21.5 Å². The van der Waals surface area contributed by atoms with E-state index in [-0.39, 0.29) is 11.7 Å². The minimum absolute atomic E-state index is 0.152. The van der Waals surface area contributed by atoms with Crippen LogP contribution in [0.1, 0.15) is 13.8 Å². The van der Waals surface area contributed by atoms with Crippen LogP contribution in [0.15, 0.2) is 60.3 Å². The van der Waals surface area contributed by atoms with Gasteiger partial charge in [0.2, 0.25) is 5.91 Å². The van der Waals surface area contributed by atoms with Crippen LogP contribution in [0, 0.1) is 0 Å². The van der Waals surface area contributed by atoms with Crippen LogP contribution >= 0.6 is 35.0 Å². The molecule has 1 heterocycles. The van der Waals surface area contributed by atoms with Crippen LogP contribution in [0.25, 0.3) is 11.4 Å². The molecule has 1 aromatic heterocycles. The van der Waals surface area contributed by atoms with Gasteiger partial charge in [0.1, 0.15) is 0 Å². The van der Waals surface area contributed by atoms with Crippen LogP contribution in [-0.4, -0.2) is 39.5 Å². The number of nitrogens with one attached hydrogen (secondary N) is 1. The number of amides is 1. The highest BCUT2D eigenvalue weighted by Gasteiger charge is 2.16. The number of rotatable bonds is 10.